The summed E-state index contributed by atoms with van der Waals surface area (Å²) in [6.07, 6.45) is 3.28. The maximum atomic E-state index is 13.4. The predicted octanol–water partition coefficient (Wildman–Crippen LogP) is 3.47. The minimum absolute atomic E-state index is 0.0448. The molecule has 6 nitrogen and oxygen atoms in total. The van der Waals surface area contributed by atoms with Gasteiger partial charge in [-0.05, 0) is 44.0 Å². The summed E-state index contributed by atoms with van der Waals surface area (Å²) >= 11 is 0. The van der Waals surface area contributed by atoms with Gasteiger partial charge in [-0.3, -0.25) is 4.79 Å². The molecule has 3 heterocycles. The summed E-state index contributed by atoms with van der Waals surface area (Å²) in [5.41, 5.74) is 1.69. The molecule has 1 fully saturated rings. The number of amides is 2. The average molecular weight is 371 g/mol. The van der Waals surface area contributed by atoms with Crippen molar-refractivity contribution in [3.8, 4) is 0 Å². The summed E-state index contributed by atoms with van der Waals surface area (Å²) in [7, 11) is 0. The molecule has 1 aromatic carbocycles. The van der Waals surface area contributed by atoms with Crippen LogP contribution in [0.4, 0.5) is 14.9 Å². The number of ketones is 1. The molecule has 2 amide bonds. The van der Waals surface area contributed by atoms with Crippen molar-refractivity contribution in [1.29, 1.82) is 0 Å². The van der Waals surface area contributed by atoms with Crippen LogP contribution in [0.25, 0.3) is 0 Å². The zero-order chi connectivity index (χ0) is 19.0. The molecule has 0 radical (unpaired) electrons. The minimum atomic E-state index is -0.404. The van der Waals surface area contributed by atoms with Gasteiger partial charge in [-0.25, -0.2) is 9.18 Å². The minimum Gasteiger partial charge on any atom is -0.469 e. The first-order valence-corrected chi connectivity index (χ1v) is 9.12. The smallest absolute Gasteiger partial charge is 0.317 e. The van der Waals surface area contributed by atoms with Crippen molar-refractivity contribution in [3.63, 3.8) is 0 Å². The summed E-state index contributed by atoms with van der Waals surface area (Å²) in [6.45, 7) is 3.42. The second-order valence-electron chi connectivity index (χ2n) is 7.34. The Balaban J connectivity index is 1.37. The molecule has 0 bridgehead atoms. The van der Waals surface area contributed by atoms with E-state index in [-0.39, 0.29) is 17.4 Å². The third-order valence-electron chi connectivity index (χ3n) is 5.58. The molecule has 27 heavy (non-hydrogen) atoms. The highest BCUT2D eigenvalue weighted by Crippen LogP contribution is 2.37. The number of hydrogen-bond acceptors (Lipinski definition) is 4. The lowest BCUT2D eigenvalue weighted by Crippen LogP contribution is -2.55. The Hall–Kier alpha value is -2.83. The van der Waals surface area contributed by atoms with Gasteiger partial charge in [0.1, 0.15) is 11.6 Å². The van der Waals surface area contributed by atoms with Crippen LogP contribution in [0.5, 0.6) is 0 Å². The Kier molecular flexibility index (Phi) is 4.37. The maximum absolute atomic E-state index is 13.4. The van der Waals surface area contributed by atoms with Crippen LogP contribution in [-0.2, 0) is 6.54 Å². The van der Waals surface area contributed by atoms with E-state index in [0.29, 0.717) is 50.1 Å². The van der Waals surface area contributed by atoms with Crippen LogP contribution in [0.3, 0.4) is 0 Å². The molecular weight excluding hydrogens is 349 g/mol. The van der Waals surface area contributed by atoms with Gasteiger partial charge in [0.15, 0.2) is 5.78 Å². The zero-order valence-corrected chi connectivity index (χ0v) is 15.2. The number of Topliss-reactive ketones (excluding diaryl/α,β-unsaturated/α-hetero) is 1. The number of furan rings is 1. The van der Waals surface area contributed by atoms with Crippen LogP contribution in [-0.4, -0.2) is 35.3 Å². The molecule has 0 unspecified atom stereocenters. The molecule has 1 spiro atoms. The van der Waals surface area contributed by atoms with Gasteiger partial charge in [-0.2, -0.15) is 0 Å². The molecule has 4 rings (SSSR count). The first-order valence-electron chi connectivity index (χ1n) is 9.12. The first-order chi connectivity index (χ1) is 13.0. The Morgan fingerprint density at radius 3 is 2.81 bits per heavy atom. The molecule has 2 N–H and O–H groups in total. The van der Waals surface area contributed by atoms with Crippen molar-refractivity contribution < 1.29 is 18.4 Å². The van der Waals surface area contributed by atoms with Gasteiger partial charge in [0.25, 0.3) is 0 Å². The molecule has 142 valence electrons. The number of carbonyl (C=O) groups is 2. The van der Waals surface area contributed by atoms with Gasteiger partial charge in [0.2, 0.25) is 0 Å². The highest BCUT2D eigenvalue weighted by atomic mass is 19.1. The Morgan fingerprint density at radius 1 is 1.33 bits per heavy atom. The Bertz CT molecular complexity index is 884. The SMILES string of the molecule is Cc1occc1CNC(=O)N1CCC2(CC1)CC(=O)c1cc(F)ccc1N2. The summed E-state index contributed by atoms with van der Waals surface area (Å²) < 4.78 is 18.6. The lowest BCUT2D eigenvalue weighted by atomic mass is 9.78. The number of aryl methyl sites for hydroxylation is 1. The number of rotatable bonds is 2. The number of hydrogen-bond donors (Lipinski definition) is 2. The summed E-state index contributed by atoms with van der Waals surface area (Å²) in [4.78, 5) is 26.7. The molecule has 0 atom stereocenters. The zero-order valence-electron chi connectivity index (χ0n) is 15.2. The summed E-state index contributed by atoms with van der Waals surface area (Å²) in [5.74, 6) is 0.351. The number of benzene rings is 1. The predicted molar refractivity (Wildman–Crippen MR) is 98.2 cm³/mol. The maximum Gasteiger partial charge on any atom is 0.317 e. The quantitative estimate of drug-likeness (QED) is 0.848. The first kappa shape index (κ1) is 17.6. The molecule has 2 aliphatic heterocycles. The van der Waals surface area contributed by atoms with Crippen LogP contribution in [0.1, 0.15) is 40.9 Å². The monoisotopic (exact) mass is 371 g/mol. The van der Waals surface area contributed by atoms with Gasteiger partial charge in [0.05, 0.1) is 6.26 Å². The fourth-order valence-electron chi connectivity index (χ4n) is 3.91. The lowest BCUT2D eigenvalue weighted by molar-refractivity contribution is 0.0915. The van der Waals surface area contributed by atoms with E-state index in [4.69, 9.17) is 4.42 Å². The van der Waals surface area contributed by atoms with E-state index in [2.05, 4.69) is 10.6 Å². The highest BCUT2D eigenvalue weighted by Gasteiger charge is 2.41. The number of likely N-dealkylation sites (tertiary alicyclic amines) is 1. The van der Waals surface area contributed by atoms with E-state index in [1.165, 1.54) is 12.1 Å². The van der Waals surface area contributed by atoms with Crippen LogP contribution in [0.2, 0.25) is 0 Å². The highest BCUT2D eigenvalue weighted by molar-refractivity contribution is 6.04. The van der Waals surface area contributed by atoms with Gasteiger partial charge < -0.3 is 20.0 Å². The van der Waals surface area contributed by atoms with Crippen molar-refractivity contribution in [1.82, 2.24) is 10.2 Å². The molecule has 0 aliphatic carbocycles. The van der Waals surface area contributed by atoms with Crippen LogP contribution in [0, 0.1) is 12.7 Å². The van der Waals surface area contributed by atoms with Gasteiger partial charge in [0, 0.05) is 48.4 Å². The van der Waals surface area contributed by atoms with E-state index in [9.17, 15) is 14.0 Å². The lowest BCUT2D eigenvalue weighted by Gasteiger charge is -2.45. The second-order valence-corrected chi connectivity index (χ2v) is 7.34. The van der Waals surface area contributed by atoms with Crippen molar-refractivity contribution in [2.45, 2.75) is 38.3 Å². The average Bonchev–Trinajstić information content (AvgIpc) is 3.06. The fraction of sp³-hybridized carbons (Fsp3) is 0.400. The summed E-state index contributed by atoms with van der Waals surface area (Å²) in [6, 6.07) is 6.00. The number of urea groups is 1. The number of carbonyl (C=O) groups excluding carboxylic acids is 2. The number of nitrogens with zero attached hydrogens (tertiary/aromatic N) is 1. The van der Waals surface area contributed by atoms with E-state index in [0.717, 1.165) is 11.3 Å². The van der Waals surface area contributed by atoms with Crippen molar-refractivity contribution >= 4 is 17.5 Å². The number of halogens is 1. The molecular formula is C20H22FN3O3. The van der Waals surface area contributed by atoms with Crippen LogP contribution in [0.15, 0.2) is 34.9 Å². The van der Waals surface area contributed by atoms with Crippen molar-refractivity contribution in [2.75, 3.05) is 18.4 Å². The molecule has 1 saturated heterocycles. The standard InChI is InChI=1S/C20H22FN3O3/c1-13-14(4-9-27-13)12-22-19(26)24-7-5-20(6-8-24)11-18(25)16-10-15(21)2-3-17(16)23-20/h2-4,9-10,23H,5-8,11-12H2,1H3,(H,22,26). The number of fused-ring (bicyclic) bond motifs is 1. The largest absolute Gasteiger partial charge is 0.469 e. The number of nitrogens with one attached hydrogen (secondary N) is 2. The van der Waals surface area contributed by atoms with E-state index >= 15 is 0 Å². The molecule has 2 aliphatic rings. The van der Waals surface area contributed by atoms with Gasteiger partial charge in [-0.1, -0.05) is 0 Å². The van der Waals surface area contributed by atoms with E-state index in [1.54, 1.807) is 17.2 Å². The molecule has 7 heteroatoms. The normalized spacial score (nSPS) is 18.1. The molecule has 1 aromatic heterocycles. The Morgan fingerprint density at radius 2 is 2.11 bits per heavy atom. The number of piperidine rings is 1. The van der Waals surface area contributed by atoms with E-state index < -0.39 is 5.82 Å². The van der Waals surface area contributed by atoms with Crippen molar-refractivity contribution in [2.24, 2.45) is 0 Å². The van der Waals surface area contributed by atoms with Crippen LogP contribution >= 0.6 is 0 Å². The molecule has 0 saturated carbocycles. The fourth-order valence-corrected chi connectivity index (χ4v) is 3.91. The third-order valence-corrected chi connectivity index (χ3v) is 5.58. The van der Waals surface area contributed by atoms with Crippen molar-refractivity contribution in [3.05, 3.63) is 53.2 Å². The Labute approximate surface area is 156 Å². The third kappa shape index (κ3) is 3.41. The topological polar surface area (TPSA) is 74.6 Å². The molecule has 2 aromatic rings. The second kappa shape index (κ2) is 6.72. The van der Waals surface area contributed by atoms with Gasteiger partial charge in [-0.15, -0.1) is 0 Å². The van der Waals surface area contributed by atoms with E-state index in [1.807, 2.05) is 13.0 Å². The van der Waals surface area contributed by atoms with Crippen LogP contribution < -0.4 is 10.6 Å². The number of anilines is 1. The summed E-state index contributed by atoms with van der Waals surface area (Å²) in [5, 5.41) is 6.35. The van der Waals surface area contributed by atoms with Gasteiger partial charge >= 0.3 is 6.03 Å².